The Labute approximate surface area is 152 Å². The maximum absolute atomic E-state index is 12.6. The molecule has 25 heavy (non-hydrogen) atoms. The van der Waals surface area contributed by atoms with Gasteiger partial charge in [0.25, 0.3) is 0 Å². The van der Waals surface area contributed by atoms with Crippen molar-refractivity contribution in [3.8, 4) is 0 Å². The Bertz CT molecular complexity index is 811. The van der Waals surface area contributed by atoms with Crippen molar-refractivity contribution in [2.24, 2.45) is 0 Å². The lowest BCUT2D eigenvalue weighted by molar-refractivity contribution is -0.116. The van der Waals surface area contributed by atoms with E-state index in [0.29, 0.717) is 25.2 Å². The smallest absolute Gasteiger partial charge is 0.243 e. The molecule has 1 aliphatic heterocycles. The molecule has 5 nitrogen and oxygen atoms in total. The normalized spacial score (nSPS) is 15.4. The molecule has 1 aliphatic rings. The minimum absolute atomic E-state index is 0.0905. The van der Waals surface area contributed by atoms with E-state index in [4.69, 9.17) is 0 Å². The van der Waals surface area contributed by atoms with Gasteiger partial charge in [-0.1, -0.05) is 12.1 Å². The van der Waals surface area contributed by atoms with Crippen LogP contribution in [0.15, 0.2) is 46.7 Å². The second-order valence-electron chi connectivity index (χ2n) is 6.12. The number of carbonyl (C=O) groups excluding carboxylic acids is 1. The molecule has 1 amide bonds. The number of anilines is 1. The largest absolute Gasteiger partial charge is 0.326 e. The van der Waals surface area contributed by atoms with E-state index in [-0.39, 0.29) is 10.8 Å². The van der Waals surface area contributed by atoms with Crippen LogP contribution in [0.5, 0.6) is 0 Å². The van der Waals surface area contributed by atoms with Crippen LogP contribution < -0.4 is 5.32 Å². The minimum Gasteiger partial charge on any atom is -0.326 e. The summed E-state index contributed by atoms with van der Waals surface area (Å²) in [6, 6.07) is 10.6. The Morgan fingerprint density at radius 2 is 1.96 bits per heavy atom. The Kier molecular flexibility index (Phi) is 5.88. The molecule has 1 N–H and O–H groups in total. The number of nitrogens with one attached hydrogen (secondary N) is 1. The summed E-state index contributed by atoms with van der Waals surface area (Å²) in [7, 11) is -3.46. The fourth-order valence-electron chi connectivity index (χ4n) is 2.91. The summed E-state index contributed by atoms with van der Waals surface area (Å²) in [4.78, 5) is 13.6. The molecule has 0 bridgehead atoms. The van der Waals surface area contributed by atoms with Gasteiger partial charge in [-0.05, 0) is 55.3 Å². The van der Waals surface area contributed by atoms with Crippen molar-refractivity contribution < 1.29 is 13.2 Å². The van der Waals surface area contributed by atoms with E-state index in [2.05, 4.69) is 11.4 Å². The topological polar surface area (TPSA) is 66.5 Å². The Hall–Kier alpha value is -1.70. The molecule has 134 valence electrons. The fraction of sp³-hybridized carbons (Fsp3) is 0.389. The SMILES string of the molecule is O=C(CCCc1cccs1)Nc1cccc(S(=O)(=O)N2CCCC2)c1. The third-order valence-electron chi connectivity index (χ3n) is 4.23. The minimum atomic E-state index is -3.46. The van der Waals surface area contributed by atoms with E-state index in [9.17, 15) is 13.2 Å². The number of sulfonamides is 1. The van der Waals surface area contributed by atoms with Crippen molar-refractivity contribution in [1.82, 2.24) is 4.31 Å². The van der Waals surface area contributed by atoms with Gasteiger partial charge in [0.15, 0.2) is 0 Å². The van der Waals surface area contributed by atoms with Crippen molar-refractivity contribution >= 4 is 33.0 Å². The summed E-state index contributed by atoms with van der Waals surface area (Å²) in [6.07, 6.45) is 3.88. The zero-order valence-electron chi connectivity index (χ0n) is 14.0. The van der Waals surface area contributed by atoms with Crippen LogP contribution >= 0.6 is 11.3 Å². The highest BCUT2D eigenvalue weighted by atomic mass is 32.2. The lowest BCUT2D eigenvalue weighted by Gasteiger charge is -2.16. The van der Waals surface area contributed by atoms with E-state index in [1.54, 1.807) is 35.6 Å². The molecule has 0 unspecified atom stereocenters. The standard InChI is InChI=1S/C18H22N2O3S2/c21-18(10-4-7-16-8-5-13-24-16)19-15-6-3-9-17(14-15)25(22,23)20-11-1-2-12-20/h3,5-6,8-9,13-14H,1-2,4,7,10-12H2,(H,19,21). The van der Waals surface area contributed by atoms with Crippen LogP contribution in [0.25, 0.3) is 0 Å². The van der Waals surface area contributed by atoms with Crippen LogP contribution in [0, 0.1) is 0 Å². The maximum Gasteiger partial charge on any atom is 0.243 e. The molecule has 2 heterocycles. The first-order valence-corrected chi connectivity index (χ1v) is 10.8. The monoisotopic (exact) mass is 378 g/mol. The average Bonchev–Trinajstić information content (AvgIpc) is 3.29. The molecule has 0 radical (unpaired) electrons. The van der Waals surface area contributed by atoms with Gasteiger partial charge in [0.05, 0.1) is 4.90 Å². The lowest BCUT2D eigenvalue weighted by atomic mass is 10.2. The summed E-state index contributed by atoms with van der Waals surface area (Å²) < 4.78 is 26.7. The summed E-state index contributed by atoms with van der Waals surface area (Å²) in [5, 5.41) is 4.84. The van der Waals surface area contributed by atoms with Crippen LogP contribution in [0.1, 0.15) is 30.6 Å². The van der Waals surface area contributed by atoms with Crippen molar-refractivity contribution in [3.05, 3.63) is 46.7 Å². The number of thiophene rings is 1. The van der Waals surface area contributed by atoms with E-state index in [1.165, 1.54) is 9.18 Å². The van der Waals surface area contributed by atoms with Gasteiger partial charge in [-0.15, -0.1) is 11.3 Å². The molecule has 3 rings (SSSR count). The summed E-state index contributed by atoms with van der Waals surface area (Å²) in [5.41, 5.74) is 0.529. The highest BCUT2D eigenvalue weighted by Crippen LogP contribution is 2.23. The fourth-order valence-corrected chi connectivity index (χ4v) is 5.23. The number of nitrogens with zero attached hydrogens (tertiary/aromatic N) is 1. The highest BCUT2D eigenvalue weighted by Gasteiger charge is 2.27. The maximum atomic E-state index is 12.6. The number of carbonyl (C=O) groups is 1. The van der Waals surface area contributed by atoms with Gasteiger partial charge in [-0.2, -0.15) is 4.31 Å². The van der Waals surface area contributed by atoms with E-state index >= 15 is 0 Å². The van der Waals surface area contributed by atoms with E-state index in [1.807, 2.05) is 11.4 Å². The van der Waals surface area contributed by atoms with Crippen LogP contribution in [0.4, 0.5) is 5.69 Å². The summed E-state index contributed by atoms with van der Waals surface area (Å²) in [5.74, 6) is -0.0905. The summed E-state index contributed by atoms with van der Waals surface area (Å²) in [6.45, 7) is 1.14. The van der Waals surface area contributed by atoms with Crippen molar-refractivity contribution in [2.75, 3.05) is 18.4 Å². The molecule has 1 aromatic heterocycles. The van der Waals surface area contributed by atoms with Gasteiger partial charge in [-0.25, -0.2) is 8.42 Å². The zero-order chi connectivity index (χ0) is 17.7. The van der Waals surface area contributed by atoms with Crippen LogP contribution in [0.2, 0.25) is 0 Å². The molecule has 0 spiro atoms. The molecule has 0 saturated carbocycles. The molecular weight excluding hydrogens is 356 g/mol. The molecule has 0 atom stereocenters. The highest BCUT2D eigenvalue weighted by molar-refractivity contribution is 7.89. The number of amides is 1. The second-order valence-corrected chi connectivity index (χ2v) is 9.09. The van der Waals surface area contributed by atoms with Gasteiger partial charge in [0, 0.05) is 30.1 Å². The molecule has 1 saturated heterocycles. The molecule has 2 aromatic rings. The summed E-state index contributed by atoms with van der Waals surface area (Å²) >= 11 is 1.69. The Balaban J connectivity index is 1.58. The molecular formula is C18H22N2O3S2. The number of rotatable bonds is 7. The first-order valence-electron chi connectivity index (χ1n) is 8.48. The molecule has 1 fully saturated rings. The van der Waals surface area contributed by atoms with Gasteiger partial charge >= 0.3 is 0 Å². The lowest BCUT2D eigenvalue weighted by Crippen LogP contribution is -2.27. The van der Waals surface area contributed by atoms with Gasteiger partial charge in [-0.3, -0.25) is 4.79 Å². The van der Waals surface area contributed by atoms with E-state index < -0.39 is 10.0 Å². The van der Waals surface area contributed by atoms with Crippen molar-refractivity contribution in [1.29, 1.82) is 0 Å². The Morgan fingerprint density at radius 1 is 1.16 bits per heavy atom. The predicted molar refractivity (Wildman–Crippen MR) is 100 cm³/mol. The average molecular weight is 379 g/mol. The van der Waals surface area contributed by atoms with E-state index in [0.717, 1.165) is 25.7 Å². The van der Waals surface area contributed by atoms with Crippen molar-refractivity contribution in [2.45, 2.75) is 37.0 Å². The number of benzene rings is 1. The first kappa shape index (κ1) is 18.1. The quantitative estimate of drug-likeness (QED) is 0.802. The van der Waals surface area contributed by atoms with Crippen molar-refractivity contribution in [3.63, 3.8) is 0 Å². The van der Waals surface area contributed by atoms with Crippen LogP contribution in [-0.4, -0.2) is 31.7 Å². The second kappa shape index (κ2) is 8.12. The molecule has 7 heteroatoms. The van der Waals surface area contributed by atoms with Crippen LogP contribution in [0.3, 0.4) is 0 Å². The van der Waals surface area contributed by atoms with Gasteiger partial charge < -0.3 is 5.32 Å². The number of hydrogen-bond acceptors (Lipinski definition) is 4. The predicted octanol–water partition coefficient (Wildman–Crippen LogP) is 3.49. The third-order valence-corrected chi connectivity index (χ3v) is 7.06. The molecule has 0 aliphatic carbocycles. The van der Waals surface area contributed by atoms with Gasteiger partial charge in [0.2, 0.25) is 15.9 Å². The van der Waals surface area contributed by atoms with Crippen LogP contribution in [-0.2, 0) is 21.2 Å². The zero-order valence-corrected chi connectivity index (χ0v) is 15.6. The third kappa shape index (κ3) is 4.68. The Morgan fingerprint density at radius 3 is 2.68 bits per heavy atom. The molecule has 1 aromatic carbocycles. The number of aryl methyl sites for hydroxylation is 1. The first-order chi connectivity index (χ1) is 12.1. The van der Waals surface area contributed by atoms with Gasteiger partial charge in [0.1, 0.15) is 0 Å². The number of hydrogen-bond donors (Lipinski definition) is 1.